The predicted octanol–water partition coefficient (Wildman–Crippen LogP) is 2.90. The van der Waals surface area contributed by atoms with E-state index in [1.807, 2.05) is 0 Å². The van der Waals surface area contributed by atoms with E-state index in [1.54, 1.807) is 5.57 Å². The molecule has 0 aromatic rings. The third-order valence-electron chi connectivity index (χ3n) is 3.58. The van der Waals surface area contributed by atoms with Gasteiger partial charge in [-0.1, -0.05) is 23.8 Å². The molecule has 1 nitrogen and oxygen atoms in total. The van der Waals surface area contributed by atoms with Crippen LogP contribution >= 0.6 is 0 Å². The lowest BCUT2D eigenvalue weighted by Gasteiger charge is -2.26. The number of allylic oxidation sites excluding steroid dienone is 3. The van der Waals surface area contributed by atoms with Crippen molar-refractivity contribution in [2.75, 3.05) is 13.1 Å². The summed E-state index contributed by atoms with van der Waals surface area (Å²) in [4.78, 5) is 0. The lowest BCUT2D eigenvalue weighted by molar-refractivity contribution is 0.349. The summed E-state index contributed by atoms with van der Waals surface area (Å²) in [5.41, 5.74) is 2.96. The van der Waals surface area contributed by atoms with Gasteiger partial charge in [0.1, 0.15) is 0 Å². The van der Waals surface area contributed by atoms with Gasteiger partial charge in [-0.05, 0) is 57.5 Å². The fourth-order valence-electron chi connectivity index (χ4n) is 2.68. The second kappa shape index (κ2) is 4.31. The van der Waals surface area contributed by atoms with Gasteiger partial charge in [-0.25, -0.2) is 0 Å². The van der Waals surface area contributed by atoms with E-state index in [0.29, 0.717) is 0 Å². The monoisotopic (exact) mass is 191 g/mol. The van der Waals surface area contributed by atoms with Crippen LogP contribution in [0.4, 0.5) is 0 Å². The van der Waals surface area contributed by atoms with E-state index in [-0.39, 0.29) is 0 Å². The first-order chi connectivity index (χ1) is 6.75. The van der Waals surface area contributed by atoms with Crippen LogP contribution in [-0.2, 0) is 0 Å². The summed E-state index contributed by atoms with van der Waals surface area (Å²) in [5, 5.41) is 3.50. The van der Waals surface area contributed by atoms with Gasteiger partial charge >= 0.3 is 0 Å². The van der Waals surface area contributed by atoms with Crippen LogP contribution in [0, 0.1) is 11.8 Å². The Morgan fingerprint density at radius 3 is 3.07 bits per heavy atom. The van der Waals surface area contributed by atoms with Crippen LogP contribution in [-0.4, -0.2) is 13.1 Å². The van der Waals surface area contributed by atoms with Crippen molar-refractivity contribution in [2.45, 2.75) is 32.6 Å². The minimum atomic E-state index is 0.931. The van der Waals surface area contributed by atoms with E-state index < -0.39 is 0 Å². The van der Waals surface area contributed by atoms with Crippen LogP contribution in [0.2, 0.25) is 0 Å². The van der Waals surface area contributed by atoms with Crippen LogP contribution in [0.25, 0.3) is 0 Å². The molecule has 0 bridgehead atoms. The molecule has 2 unspecified atom stereocenters. The molecular formula is C13H21N. The number of rotatable bonds is 2. The summed E-state index contributed by atoms with van der Waals surface area (Å²) in [6.07, 6.45) is 7.57. The highest BCUT2D eigenvalue weighted by molar-refractivity contribution is 5.12. The van der Waals surface area contributed by atoms with Gasteiger partial charge in [0, 0.05) is 0 Å². The summed E-state index contributed by atoms with van der Waals surface area (Å²) in [6.45, 7) is 8.57. The van der Waals surface area contributed by atoms with E-state index in [0.717, 1.165) is 18.3 Å². The van der Waals surface area contributed by atoms with E-state index in [4.69, 9.17) is 0 Å². The molecule has 1 heteroatoms. The molecule has 1 aliphatic carbocycles. The summed E-state index contributed by atoms with van der Waals surface area (Å²) in [5.74, 6) is 1.90. The van der Waals surface area contributed by atoms with E-state index >= 15 is 0 Å². The molecule has 2 aliphatic rings. The molecule has 0 radical (unpaired) electrons. The Kier molecular flexibility index (Phi) is 3.07. The van der Waals surface area contributed by atoms with Crippen molar-refractivity contribution in [3.63, 3.8) is 0 Å². The molecule has 2 atom stereocenters. The van der Waals surface area contributed by atoms with Gasteiger partial charge < -0.3 is 5.32 Å². The maximum atomic E-state index is 3.95. The molecule has 1 aliphatic heterocycles. The summed E-state index contributed by atoms with van der Waals surface area (Å²) in [7, 11) is 0. The van der Waals surface area contributed by atoms with Crippen molar-refractivity contribution in [2.24, 2.45) is 11.8 Å². The average molecular weight is 191 g/mol. The van der Waals surface area contributed by atoms with Gasteiger partial charge in [0.25, 0.3) is 0 Å². The highest BCUT2D eigenvalue weighted by Gasteiger charge is 2.30. The van der Waals surface area contributed by atoms with Gasteiger partial charge in [0.2, 0.25) is 0 Å². The number of hydrogen-bond acceptors (Lipinski definition) is 1. The van der Waals surface area contributed by atoms with Crippen molar-refractivity contribution in [1.82, 2.24) is 5.32 Å². The Balaban J connectivity index is 1.90. The Labute approximate surface area is 87.3 Å². The molecule has 0 aromatic heterocycles. The maximum absolute atomic E-state index is 3.95. The molecule has 1 saturated carbocycles. The van der Waals surface area contributed by atoms with Gasteiger partial charge in [-0.15, -0.1) is 0 Å². The van der Waals surface area contributed by atoms with Crippen LogP contribution in [0.15, 0.2) is 23.8 Å². The molecule has 2 rings (SSSR count). The third kappa shape index (κ3) is 2.27. The summed E-state index contributed by atoms with van der Waals surface area (Å²) >= 11 is 0. The van der Waals surface area contributed by atoms with Crippen molar-refractivity contribution in [3.8, 4) is 0 Å². The van der Waals surface area contributed by atoms with E-state index in [1.165, 1.54) is 37.9 Å². The fraction of sp³-hybridized carbons (Fsp3) is 0.692. The van der Waals surface area contributed by atoms with Gasteiger partial charge in [0.05, 0.1) is 0 Å². The SMILES string of the molecule is C=C(C)C/C=C1/CCC2CNCC2C1. The van der Waals surface area contributed by atoms with Crippen molar-refractivity contribution < 1.29 is 0 Å². The van der Waals surface area contributed by atoms with Crippen molar-refractivity contribution in [1.29, 1.82) is 0 Å². The van der Waals surface area contributed by atoms with Crippen molar-refractivity contribution in [3.05, 3.63) is 23.8 Å². The number of hydrogen-bond donors (Lipinski definition) is 1. The highest BCUT2D eigenvalue weighted by atomic mass is 14.9. The van der Waals surface area contributed by atoms with Crippen LogP contribution in [0.3, 0.4) is 0 Å². The van der Waals surface area contributed by atoms with Gasteiger partial charge in [-0.2, -0.15) is 0 Å². The number of nitrogens with one attached hydrogen (secondary N) is 1. The van der Waals surface area contributed by atoms with E-state index in [9.17, 15) is 0 Å². The van der Waals surface area contributed by atoms with Crippen molar-refractivity contribution >= 4 is 0 Å². The minimum Gasteiger partial charge on any atom is -0.316 e. The highest BCUT2D eigenvalue weighted by Crippen LogP contribution is 2.35. The lowest BCUT2D eigenvalue weighted by Crippen LogP contribution is -2.18. The second-order valence-corrected chi connectivity index (χ2v) is 4.94. The molecule has 1 heterocycles. The van der Waals surface area contributed by atoms with Gasteiger partial charge in [0.15, 0.2) is 0 Å². The fourth-order valence-corrected chi connectivity index (χ4v) is 2.68. The summed E-state index contributed by atoms with van der Waals surface area (Å²) < 4.78 is 0. The Morgan fingerprint density at radius 2 is 2.29 bits per heavy atom. The molecule has 14 heavy (non-hydrogen) atoms. The smallest absolute Gasteiger partial charge is 0.00142 e. The Hall–Kier alpha value is -0.560. The molecule has 0 amide bonds. The van der Waals surface area contributed by atoms with E-state index in [2.05, 4.69) is 24.9 Å². The zero-order chi connectivity index (χ0) is 9.97. The maximum Gasteiger partial charge on any atom is -0.00142 e. The second-order valence-electron chi connectivity index (χ2n) is 4.94. The normalized spacial score (nSPS) is 34.5. The predicted molar refractivity (Wildman–Crippen MR) is 61.2 cm³/mol. The Morgan fingerprint density at radius 1 is 1.50 bits per heavy atom. The lowest BCUT2D eigenvalue weighted by atomic mass is 9.78. The largest absolute Gasteiger partial charge is 0.316 e. The minimum absolute atomic E-state index is 0.931. The van der Waals surface area contributed by atoms with Crippen LogP contribution in [0.5, 0.6) is 0 Å². The molecular weight excluding hydrogens is 170 g/mol. The third-order valence-corrected chi connectivity index (χ3v) is 3.58. The first kappa shape index (κ1) is 9.97. The topological polar surface area (TPSA) is 12.0 Å². The first-order valence-electron chi connectivity index (χ1n) is 5.78. The number of fused-ring (bicyclic) bond motifs is 1. The average Bonchev–Trinajstić information content (AvgIpc) is 2.61. The molecule has 0 spiro atoms. The molecule has 0 aromatic carbocycles. The molecule has 1 N–H and O–H groups in total. The standard InChI is InChI=1S/C13H21N/c1-10(2)3-4-11-5-6-12-8-14-9-13(12)7-11/h4,12-14H,1,3,5-9H2,2H3/b11-4-. The quantitative estimate of drug-likeness (QED) is 0.662. The summed E-state index contributed by atoms with van der Waals surface area (Å²) in [6, 6.07) is 0. The van der Waals surface area contributed by atoms with Crippen LogP contribution < -0.4 is 5.32 Å². The zero-order valence-electron chi connectivity index (χ0n) is 9.18. The van der Waals surface area contributed by atoms with Crippen LogP contribution in [0.1, 0.15) is 32.6 Å². The Bertz CT molecular complexity index is 252. The molecule has 2 fully saturated rings. The first-order valence-corrected chi connectivity index (χ1v) is 5.78. The van der Waals surface area contributed by atoms with Gasteiger partial charge in [-0.3, -0.25) is 0 Å². The molecule has 78 valence electrons. The molecule has 1 saturated heterocycles. The zero-order valence-corrected chi connectivity index (χ0v) is 9.18.